The first-order chi connectivity index (χ1) is 8.60. The molecular formula is C11H18N2O4S. The first-order valence-corrected chi connectivity index (χ1v) is 7.12. The van der Waals surface area contributed by atoms with Crippen molar-refractivity contribution in [3.05, 3.63) is 24.3 Å². The van der Waals surface area contributed by atoms with Gasteiger partial charge in [-0.15, -0.1) is 0 Å². The summed E-state index contributed by atoms with van der Waals surface area (Å²) in [6, 6.07) is 6.18. The number of nitrogens with two attached hydrogens (primary N) is 1. The zero-order valence-electron chi connectivity index (χ0n) is 10.3. The Bertz CT molecular complexity index is 445. The summed E-state index contributed by atoms with van der Waals surface area (Å²) in [5.74, 6) is 5.42. The lowest BCUT2D eigenvalue weighted by molar-refractivity contribution is 0.102. The summed E-state index contributed by atoms with van der Waals surface area (Å²) in [5, 5.41) is 0. The van der Waals surface area contributed by atoms with E-state index in [9.17, 15) is 8.42 Å². The van der Waals surface area contributed by atoms with Crippen LogP contribution in [0.25, 0.3) is 0 Å². The molecule has 0 aliphatic heterocycles. The molecular weight excluding hydrogens is 256 g/mol. The van der Waals surface area contributed by atoms with E-state index in [-0.39, 0.29) is 11.5 Å². The lowest BCUT2D eigenvalue weighted by Crippen LogP contribution is -2.24. The lowest BCUT2D eigenvalue weighted by Gasteiger charge is -2.08. The molecule has 0 bridgehead atoms. The van der Waals surface area contributed by atoms with Gasteiger partial charge in [0, 0.05) is 6.54 Å². The van der Waals surface area contributed by atoms with E-state index in [0.717, 1.165) is 6.42 Å². The van der Waals surface area contributed by atoms with Gasteiger partial charge in [0.25, 0.3) is 0 Å². The zero-order valence-corrected chi connectivity index (χ0v) is 11.1. The van der Waals surface area contributed by atoms with Crippen molar-refractivity contribution in [3.8, 4) is 5.75 Å². The van der Waals surface area contributed by atoms with E-state index in [1.165, 1.54) is 12.1 Å². The van der Waals surface area contributed by atoms with Crippen molar-refractivity contribution in [2.45, 2.75) is 18.2 Å². The van der Waals surface area contributed by atoms with Crippen molar-refractivity contribution in [1.82, 2.24) is 4.72 Å². The van der Waals surface area contributed by atoms with Crippen LogP contribution in [0.2, 0.25) is 0 Å². The highest BCUT2D eigenvalue weighted by Gasteiger charge is 2.12. The largest absolute Gasteiger partial charge is 0.491 e. The second-order valence-corrected chi connectivity index (χ2v) is 5.36. The Morgan fingerprint density at radius 3 is 2.44 bits per heavy atom. The van der Waals surface area contributed by atoms with Crippen molar-refractivity contribution >= 4 is 10.0 Å². The van der Waals surface area contributed by atoms with Gasteiger partial charge >= 0.3 is 0 Å². The predicted molar refractivity (Wildman–Crippen MR) is 67.6 cm³/mol. The van der Waals surface area contributed by atoms with Crippen molar-refractivity contribution in [3.63, 3.8) is 0 Å². The minimum absolute atomic E-state index is 0.221. The van der Waals surface area contributed by atoms with E-state index in [4.69, 9.17) is 10.6 Å². The van der Waals surface area contributed by atoms with E-state index in [2.05, 4.69) is 9.56 Å². The molecule has 0 atom stereocenters. The molecule has 3 N–H and O–H groups in total. The number of rotatable bonds is 8. The minimum Gasteiger partial charge on any atom is -0.491 e. The van der Waals surface area contributed by atoms with E-state index in [1.54, 1.807) is 12.1 Å². The molecule has 0 aromatic heterocycles. The SMILES string of the molecule is CCCNS(=O)(=O)c1ccc(OCCON)cc1. The summed E-state index contributed by atoms with van der Waals surface area (Å²) in [6.07, 6.45) is 0.750. The highest BCUT2D eigenvalue weighted by molar-refractivity contribution is 7.89. The molecule has 0 saturated heterocycles. The highest BCUT2D eigenvalue weighted by atomic mass is 32.2. The summed E-state index contributed by atoms with van der Waals surface area (Å²) >= 11 is 0. The van der Waals surface area contributed by atoms with Crippen LogP contribution in [0.1, 0.15) is 13.3 Å². The Morgan fingerprint density at radius 2 is 1.89 bits per heavy atom. The van der Waals surface area contributed by atoms with E-state index in [0.29, 0.717) is 18.9 Å². The molecule has 0 radical (unpaired) electrons. The van der Waals surface area contributed by atoms with Crippen LogP contribution in [0.3, 0.4) is 0 Å². The Kier molecular flexibility index (Phi) is 6.06. The summed E-state index contributed by atoms with van der Waals surface area (Å²) in [7, 11) is -3.41. The van der Waals surface area contributed by atoms with Gasteiger partial charge in [0.1, 0.15) is 19.0 Å². The fourth-order valence-electron chi connectivity index (χ4n) is 1.24. The molecule has 1 rings (SSSR count). The molecule has 1 aromatic carbocycles. The van der Waals surface area contributed by atoms with Crippen LogP contribution in [-0.4, -0.2) is 28.2 Å². The van der Waals surface area contributed by atoms with E-state index < -0.39 is 10.0 Å². The van der Waals surface area contributed by atoms with Crippen LogP contribution >= 0.6 is 0 Å². The Morgan fingerprint density at radius 1 is 1.22 bits per heavy atom. The molecule has 1 aromatic rings. The molecule has 0 spiro atoms. The Hall–Kier alpha value is -1.15. The van der Waals surface area contributed by atoms with Crippen LogP contribution in [0.15, 0.2) is 29.2 Å². The van der Waals surface area contributed by atoms with Gasteiger partial charge in [-0.3, -0.25) is 0 Å². The predicted octanol–water partition coefficient (Wildman–Crippen LogP) is 0.644. The second kappa shape index (κ2) is 7.32. The second-order valence-electron chi connectivity index (χ2n) is 3.59. The van der Waals surface area contributed by atoms with E-state index >= 15 is 0 Å². The summed E-state index contributed by atoms with van der Waals surface area (Å²) < 4.78 is 31.3. The van der Waals surface area contributed by atoms with Gasteiger partial charge in [-0.1, -0.05) is 6.92 Å². The first-order valence-electron chi connectivity index (χ1n) is 5.64. The van der Waals surface area contributed by atoms with Crippen LogP contribution < -0.4 is 15.4 Å². The number of hydrogen-bond donors (Lipinski definition) is 2. The van der Waals surface area contributed by atoms with Crippen molar-refractivity contribution in [2.75, 3.05) is 19.8 Å². The monoisotopic (exact) mass is 274 g/mol. The van der Waals surface area contributed by atoms with Gasteiger partial charge in [-0.2, -0.15) is 0 Å². The molecule has 102 valence electrons. The van der Waals surface area contributed by atoms with Gasteiger partial charge in [0.15, 0.2) is 0 Å². The molecule has 0 aliphatic rings. The minimum atomic E-state index is -3.41. The zero-order chi connectivity index (χ0) is 13.4. The molecule has 0 fully saturated rings. The van der Waals surface area contributed by atoms with E-state index in [1.807, 2.05) is 6.92 Å². The van der Waals surface area contributed by atoms with Crippen molar-refractivity contribution in [2.24, 2.45) is 5.90 Å². The number of hydrogen-bond acceptors (Lipinski definition) is 5. The van der Waals surface area contributed by atoms with Gasteiger partial charge in [-0.25, -0.2) is 19.0 Å². The fourth-order valence-corrected chi connectivity index (χ4v) is 2.38. The maximum absolute atomic E-state index is 11.8. The summed E-state index contributed by atoms with van der Waals surface area (Å²) in [6.45, 7) is 2.92. The lowest BCUT2D eigenvalue weighted by atomic mass is 10.3. The van der Waals surface area contributed by atoms with Crippen LogP contribution in [-0.2, 0) is 14.9 Å². The molecule has 0 amide bonds. The Labute approximate surface area is 107 Å². The number of ether oxygens (including phenoxy) is 1. The first kappa shape index (κ1) is 14.9. The summed E-state index contributed by atoms with van der Waals surface area (Å²) in [4.78, 5) is 4.58. The topological polar surface area (TPSA) is 90.7 Å². The average molecular weight is 274 g/mol. The molecule has 0 unspecified atom stereocenters. The standard InChI is InChI=1S/C11H18N2O4S/c1-2-7-13-18(14,15)11-5-3-10(4-6-11)16-8-9-17-12/h3-6,13H,2,7-9,12H2,1H3. The Balaban J connectivity index is 2.64. The smallest absolute Gasteiger partial charge is 0.240 e. The van der Waals surface area contributed by atoms with Crippen LogP contribution in [0.4, 0.5) is 0 Å². The number of benzene rings is 1. The van der Waals surface area contributed by atoms with Gasteiger partial charge in [0.2, 0.25) is 10.0 Å². The third-order valence-electron chi connectivity index (χ3n) is 2.15. The van der Waals surface area contributed by atoms with Gasteiger partial charge in [0.05, 0.1) is 4.90 Å². The number of sulfonamides is 1. The van der Waals surface area contributed by atoms with Crippen molar-refractivity contribution in [1.29, 1.82) is 0 Å². The maximum atomic E-state index is 11.8. The van der Waals surface area contributed by atoms with Crippen molar-refractivity contribution < 1.29 is 18.0 Å². The molecule has 0 heterocycles. The fraction of sp³-hybridized carbons (Fsp3) is 0.455. The normalized spacial score (nSPS) is 11.4. The van der Waals surface area contributed by atoms with Crippen LogP contribution in [0.5, 0.6) is 5.75 Å². The maximum Gasteiger partial charge on any atom is 0.240 e. The average Bonchev–Trinajstić information content (AvgIpc) is 2.37. The van der Waals surface area contributed by atoms with Crippen LogP contribution in [0, 0.1) is 0 Å². The molecule has 0 saturated carbocycles. The molecule has 7 heteroatoms. The molecule has 18 heavy (non-hydrogen) atoms. The van der Waals surface area contributed by atoms with Gasteiger partial charge < -0.3 is 9.57 Å². The van der Waals surface area contributed by atoms with Gasteiger partial charge in [-0.05, 0) is 30.7 Å². The quantitative estimate of drug-likeness (QED) is 0.536. The summed E-state index contributed by atoms with van der Waals surface area (Å²) in [5.41, 5.74) is 0. The third-order valence-corrected chi connectivity index (χ3v) is 3.62. The number of nitrogens with one attached hydrogen (secondary N) is 1. The highest BCUT2D eigenvalue weighted by Crippen LogP contribution is 2.15. The third kappa shape index (κ3) is 4.61. The molecule has 6 nitrogen and oxygen atoms in total. The molecule has 0 aliphatic carbocycles.